The maximum absolute atomic E-state index is 12.8. The first-order chi connectivity index (χ1) is 6.68. The molecule has 1 aliphatic carbocycles. The summed E-state index contributed by atoms with van der Waals surface area (Å²) in [4.78, 5) is 3.79. The van der Waals surface area contributed by atoms with Crippen LogP contribution in [0.15, 0.2) is 18.5 Å². The lowest BCUT2D eigenvalue weighted by Crippen LogP contribution is -2.33. The second-order valence-electron chi connectivity index (χ2n) is 4.41. The molecule has 0 spiro atoms. The van der Waals surface area contributed by atoms with Gasteiger partial charge in [-0.25, -0.2) is 4.39 Å². The van der Waals surface area contributed by atoms with Gasteiger partial charge in [0.15, 0.2) is 0 Å². The van der Waals surface area contributed by atoms with Gasteiger partial charge in [0.2, 0.25) is 0 Å². The van der Waals surface area contributed by atoms with Crippen molar-refractivity contribution in [1.29, 1.82) is 0 Å². The van der Waals surface area contributed by atoms with E-state index < -0.39 is 0 Å². The zero-order valence-electron chi connectivity index (χ0n) is 8.39. The number of hydrogen-bond acceptors (Lipinski definition) is 2. The Morgan fingerprint density at radius 3 is 2.86 bits per heavy atom. The minimum atomic E-state index is -0.284. The van der Waals surface area contributed by atoms with E-state index in [0.717, 1.165) is 12.2 Å². The second-order valence-corrected chi connectivity index (χ2v) is 4.41. The minimum Gasteiger partial charge on any atom is -0.383 e. The van der Waals surface area contributed by atoms with Gasteiger partial charge in [-0.3, -0.25) is 4.98 Å². The third kappa shape index (κ3) is 2.03. The fourth-order valence-electron chi connectivity index (χ4n) is 1.78. The van der Waals surface area contributed by atoms with Crippen LogP contribution in [0.25, 0.3) is 0 Å². The molecule has 14 heavy (non-hydrogen) atoms. The minimum absolute atomic E-state index is 0.284. The molecule has 2 nitrogen and oxygen atoms in total. The standard InChI is InChI=1S/C11H15FN2/c1-11(3-2-4-11)8-14-10-5-9(12)6-13-7-10/h5-7,14H,2-4,8H2,1H3. The Kier molecular flexibility index (Phi) is 2.40. The summed E-state index contributed by atoms with van der Waals surface area (Å²) < 4.78 is 12.8. The van der Waals surface area contributed by atoms with Crippen LogP contribution in [0.3, 0.4) is 0 Å². The molecule has 1 N–H and O–H groups in total. The fraction of sp³-hybridized carbons (Fsp3) is 0.545. The van der Waals surface area contributed by atoms with Gasteiger partial charge in [0.25, 0.3) is 0 Å². The first-order valence-electron chi connectivity index (χ1n) is 5.02. The number of nitrogens with zero attached hydrogens (tertiary/aromatic N) is 1. The zero-order chi connectivity index (χ0) is 10.0. The largest absolute Gasteiger partial charge is 0.383 e. The summed E-state index contributed by atoms with van der Waals surface area (Å²) in [5, 5.41) is 3.23. The van der Waals surface area contributed by atoms with E-state index in [1.165, 1.54) is 31.5 Å². The van der Waals surface area contributed by atoms with Crippen LogP contribution in [-0.4, -0.2) is 11.5 Å². The Bertz CT molecular complexity index is 321. The van der Waals surface area contributed by atoms with E-state index >= 15 is 0 Å². The third-order valence-corrected chi connectivity index (χ3v) is 2.98. The van der Waals surface area contributed by atoms with Crippen LogP contribution in [0.5, 0.6) is 0 Å². The van der Waals surface area contributed by atoms with Crippen LogP contribution < -0.4 is 5.32 Å². The van der Waals surface area contributed by atoms with Crippen molar-refractivity contribution in [3.05, 3.63) is 24.3 Å². The number of anilines is 1. The van der Waals surface area contributed by atoms with Crippen LogP contribution in [0, 0.1) is 11.2 Å². The molecule has 0 radical (unpaired) electrons. The molecular formula is C11H15FN2. The van der Waals surface area contributed by atoms with Gasteiger partial charge in [-0.05, 0) is 18.3 Å². The summed E-state index contributed by atoms with van der Waals surface area (Å²) in [6, 6.07) is 1.48. The molecule has 0 aliphatic heterocycles. The lowest BCUT2D eigenvalue weighted by Gasteiger charge is -2.38. The van der Waals surface area contributed by atoms with Crippen LogP contribution in [0.4, 0.5) is 10.1 Å². The van der Waals surface area contributed by atoms with Gasteiger partial charge in [-0.15, -0.1) is 0 Å². The molecular weight excluding hydrogens is 179 g/mol. The van der Waals surface area contributed by atoms with Gasteiger partial charge < -0.3 is 5.32 Å². The molecule has 1 saturated carbocycles. The van der Waals surface area contributed by atoms with E-state index in [0.29, 0.717) is 5.41 Å². The molecule has 3 heteroatoms. The Morgan fingerprint density at radius 2 is 2.29 bits per heavy atom. The lowest BCUT2D eigenvalue weighted by atomic mass is 9.70. The summed E-state index contributed by atoms with van der Waals surface area (Å²) in [5.74, 6) is -0.284. The average molecular weight is 194 g/mol. The predicted octanol–water partition coefficient (Wildman–Crippen LogP) is 2.82. The zero-order valence-corrected chi connectivity index (χ0v) is 8.39. The van der Waals surface area contributed by atoms with Gasteiger partial charge in [0.05, 0.1) is 18.1 Å². The number of aromatic nitrogens is 1. The van der Waals surface area contributed by atoms with Crippen molar-refractivity contribution in [3.8, 4) is 0 Å². The Hall–Kier alpha value is -1.12. The molecule has 0 unspecified atom stereocenters. The van der Waals surface area contributed by atoms with Gasteiger partial charge in [0, 0.05) is 12.6 Å². The van der Waals surface area contributed by atoms with Crippen molar-refractivity contribution in [1.82, 2.24) is 4.98 Å². The van der Waals surface area contributed by atoms with E-state index in [1.54, 1.807) is 6.20 Å². The normalized spacial score (nSPS) is 18.7. The first-order valence-corrected chi connectivity index (χ1v) is 5.02. The topological polar surface area (TPSA) is 24.9 Å². The van der Waals surface area contributed by atoms with Crippen LogP contribution >= 0.6 is 0 Å². The highest BCUT2D eigenvalue weighted by Gasteiger charge is 2.31. The van der Waals surface area contributed by atoms with Crippen LogP contribution in [0.1, 0.15) is 26.2 Å². The number of pyridine rings is 1. The Labute approximate surface area is 83.6 Å². The molecule has 1 aromatic rings. The number of hydrogen-bond donors (Lipinski definition) is 1. The summed E-state index contributed by atoms with van der Waals surface area (Å²) in [5.41, 5.74) is 1.19. The third-order valence-electron chi connectivity index (χ3n) is 2.98. The van der Waals surface area contributed by atoms with Gasteiger partial charge in [-0.1, -0.05) is 13.3 Å². The number of rotatable bonds is 3. The number of halogens is 1. The highest BCUT2D eigenvalue weighted by molar-refractivity contribution is 5.40. The molecule has 76 valence electrons. The van der Waals surface area contributed by atoms with E-state index in [2.05, 4.69) is 17.2 Å². The van der Waals surface area contributed by atoms with E-state index in [1.807, 2.05) is 0 Å². The summed E-state index contributed by atoms with van der Waals surface area (Å²) in [6.45, 7) is 3.17. The van der Waals surface area contributed by atoms with Crippen molar-refractivity contribution in [2.24, 2.45) is 5.41 Å². The van der Waals surface area contributed by atoms with E-state index in [-0.39, 0.29) is 5.82 Å². The summed E-state index contributed by atoms with van der Waals surface area (Å²) >= 11 is 0. The van der Waals surface area contributed by atoms with Crippen molar-refractivity contribution in [2.45, 2.75) is 26.2 Å². The maximum atomic E-state index is 12.8. The molecule has 0 atom stereocenters. The van der Waals surface area contributed by atoms with Gasteiger partial charge in [0.1, 0.15) is 5.82 Å². The average Bonchev–Trinajstić information content (AvgIpc) is 2.12. The molecule has 0 aromatic carbocycles. The van der Waals surface area contributed by atoms with Crippen LogP contribution in [-0.2, 0) is 0 Å². The molecule has 0 saturated heterocycles. The molecule has 1 heterocycles. The van der Waals surface area contributed by atoms with Crippen LogP contribution in [0.2, 0.25) is 0 Å². The van der Waals surface area contributed by atoms with Gasteiger partial charge >= 0.3 is 0 Å². The van der Waals surface area contributed by atoms with E-state index in [9.17, 15) is 4.39 Å². The fourth-order valence-corrected chi connectivity index (χ4v) is 1.78. The monoisotopic (exact) mass is 194 g/mol. The number of nitrogens with one attached hydrogen (secondary N) is 1. The maximum Gasteiger partial charge on any atom is 0.143 e. The highest BCUT2D eigenvalue weighted by atomic mass is 19.1. The quantitative estimate of drug-likeness (QED) is 0.800. The predicted molar refractivity (Wildman–Crippen MR) is 54.6 cm³/mol. The molecule has 0 bridgehead atoms. The first kappa shape index (κ1) is 9.44. The Morgan fingerprint density at radius 1 is 1.50 bits per heavy atom. The molecule has 2 rings (SSSR count). The molecule has 0 amide bonds. The SMILES string of the molecule is CC1(CNc2cncc(F)c2)CCC1. The Balaban J connectivity index is 1.91. The van der Waals surface area contributed by atoms with Crippen molar-refractivity contribution in [3.63, 3.8) is 0 Å². The second kappa shape index (κ2) is 3.56. The summed E-state index contributed by atoms with van der Waals surface area (Å²) in [6.07, 6.45) is 6.73. The van der Waals surface area contributed by atoms with Crippen molar-refractivity contribution in [2.75, 3.05) is 11.9 Å². The molecule has 1 fully saturated rings. The smallest absolute Gasteiger partial charge is 0.143 e. The molecule has 1 aliphatic rings. The van der Waals surface area contributed by atoms with Gasteiger partial charge in [-0.2, -0.15) is 0 Å². The summed E-state index contributed by atoms with van der Waals surface area (Å²) in [7, 11) is 0. The highest BCUT2D eigenvalue weighted by Crippen LogP contribution is 2.40. The lowest BCUT2D eigenvalue weighted by molar-refractivity contribution is 0.180. The van der Waals surface area contributed by atoms with Crippen molar-refractivity contribution < 1.29 is 4.39 Å². The van der Waals surface area contributed by atoms with E-state index in [4.69, 9.17) is 0 Å². The van der Waals surface area contributed by atoms with Crippen molar-refractivity contribution >= 4 is 5.69 Å². The molecule has 1 aromatic heterocycles.